The minimum absolute atomic E-state index is 0.181. The highest BCUT2D eigenvalue weighted by atomic mass is 35.5. The molecule has 0 atom stereocenters. The van der Waals surface area contributed by atoms with Crippen LogP contribution in [0, 0.1) is 30.3 Å². The fourth-order valence-corrected chi connectivity index (χ4v) is 3.51. The van der Waals surface area contributed by atoms with Crippen LogP contribution in [0.3, 0.4) is 0 Å². The quantitative estimate of drug-likeness (QED) is 0.297. The number of alkyl halides is 2. The van der Waals surface area contributed by atoms with Gasteiger partial charge in [0, 0.05) is 24.3 Å². The number of nitro groups is 3. The highest BCUT2D eigenvalue weighted by Gasteiger charge is 2.38. The molecule has 0 radical (unpaired) electrons. The zero-order chi connectivity index (χ0) is 23.2. The van der Waals surface area contributed by atoms with E-state index in [1.54, 1.807) is 0 Å². The molecule has 14 nitrogen and oxygen atoms in total. The van der Waals surface area contributed by atoms with Gasteiger partial charge in [-0.05, 0) is 18.2 Å². The molecule has 32 heavy (non-hydrogen) atoms. The minimum atomic E-state index is -1.38. The zero-order valence-corrected chi connectivity index (χ0v) is 17.0. The molecule has 3 aromatic rings. The molecule has 0 saturated carbocycles. The average molecular weight is 481 g/mol. The molecular weight excluding hydrogens is 471 g/mol. The van der Waals surface area contributed by atoms with E-state index in [0.717, 1.165) is 4.68 Å². The van der Waals surface area contributed by atoms with Crippen molar-refractivity contribution in [3.05, 3.63) is 78.5 Å². The van der Waals surface area contributed by atoms with Crippen LogP contribution in [-0.4, -0.2) is 24.6 Å². The van der Waals surface area contributed by atoms with E-state index in [-0.39, 0.29) is 34.3 Å². The lowest BCUT2D eigenvalue weighted by Crippen LogP contribution is -2.32. The third kappa shape index (κ3) is 3.51. The summed E-state index contributed by atoms with van der Waals surface area (Å²) in [6, 6.07) is 8.94. The first-order valence-corrected chi connectivity index (χ1v) is 9.47. The minimum Gasteiger partial charge on any atom is -0.301 e. The van der Waals surface area contributed by atoms with E-state index in [1.807, 2.05) is 0 Å². The maximum absolute atomic E-state index is 11.9. The molecule has 0 aliphatic carbocycles. The third-order valence-electron chi connectivity index (χ3n) is 4.52. The lowest BCUT2D eigenvalue weighted by molar-refractivity contribution is -0.385. The summed E-state index contributed by atoms with van der Waals surface area (Å²) in [5.74, 6) is -0.213. The second kappa shape index (κ2) is 7.92. The van der Waals surface area contributed by atoms with E-state index in [2.05, 4.69) is 16.1 Å². The Morgan fingerprint density at radius 1 is 0.906 bits per heavy atom. The number of benzene rings is 2. The van der Waals surface area contributed by atoms with Crippen molar-refractivity contribution in [1.82, 2.24) is 15.3 Å². The summed E-state index contributed by atoms with van der Waals surface area (Å²) in [7, 11) is 0. The van der Waals surface area contributed by atoms with Crippen LogP contribution in [0.25, 0.3) is 5.69 Å². The van der Waals surface area contributed by atoms with E-state index < -0.39 is 25.3 Å². The zero-order valence-electron chi connectivity index (χ0n) is 15.5. The summed E-state index contributed by atoms with van der Waals surface area (Å²) in [6.07, 6.45) is 0. The van der Waals surface area contributed by atoms with Gasteiger partial charge >= 0.3 is 5.69 Å². The first kappa shape index (κ1) is 21.2. The number of hydrazine groups is 2. The molecule has 2 aromatic carbocycles. The number of nitrogens with zero attached hydrogens (tertiary/aromatic N) is 6. The average Bonchev–Trinajstić information content (AvgIpc) is 3.34. The second-order valence-electron chi connectivity index (χ2n) is 6.33. The Hall–Kier alpha value is -4.01. The van der Waals surface area contributed by atoms with Gasteiger partial charge in [0.2, 0.25) is 0 Å². The molecule has 0 bridgehead atoms. The smallest absolute Gasteiger partial charge is 0.301 e. The molecule has 0 amide bonds. The van der Waals surface area contributed by atoms with Crippen LogP contribution in [-0.2, 0) is 0 Å². The third-order valence-corrected chi connectivity index (χ3v) is 4.93. The molecule has 16 heteroatoms. The van der Waals surface area contributed by atoms with Gasteiger partial charge in [0.25, 0.3) is 17.2 Å². The Balaban J connectivity index is 1.88. The molecule has 0 saturated heterocycles. The number of rotatable bonds is 6. The Labute approximate surface area is 187 Å². The molecular formula is C16H10Cl2N8O6. The Bertz CT molecular complexity index is 1260. The van der Waals surface area contributed by atoms with Gasteiger partial charge in [0.15, 0.2) is 10.5 Å². The first-order chi connectivity index (χ1) is 15.2. The van der Waals surface area contributed by atoms with Crippen molar-refractivity contribution in [3.8, 4) is 5.69 Å². The predicted molar refractivity (Wildman–Crippen MR) is 113 cm³/mol. The standard InChI is InChI=1S/C16H10Cl2N8O6/c17-15(18)13-14(26(31)32)16(20-22(13)8-1-3-9(4-2-8)24(27)28)23-12-6-5-10(25(29)30)7-11(12)19-21-23/h1-7,15,19,21H. The summed E-state index contributed by atoms with van der Waals surface area (Å²) in [4.78, 5) is 30.6. The molecule has 0 fully saturated rings. The second-order valence-corrected chi connectivity index (χ2v) is 7.43. The van der Waals surface area contributed by atoms with Crippen LogP contribution in [0.4, 0.5) is 34.3 Å². The largest absolute Gasteiger partial charge is 0.339 e. The number of halogens is 2. The number of nitro benzene ring substituents is 2. The Kier molecular flexibility index (Phi) is 5.25. The van der Waals surface area contributed by atoms with Crippen LogP contribution in [0.5, 0.6) is 0 Å². The first-order valence-electron chi connectivity index (χ1n) is 8.59. The van der Waals surface area contributed by atoms with Gasteiger partial charge in [-0.2, -0.15) is 0 Å². The van der Waals surface area contributed by atoms with Crippen LogP contribution in [0.1, 0.15) is 10.5 Å². The van der Waals surface area contributed by atoms with Crippen molar-refractivity contribution in [2.45, 2.75) is 4.84 Å². The molecule has 1 aliphatic heterocycles. The highest BCUT2D eigenvalue weighted by molar-refractivity contribution is 6.44. The Morgan fingerprint density at radius 2 is 1.53 bits per heavy atom. The van der Waals surface area contributed by atoms with Crippen LogP contribution in [0.2, 0.25) is 0 Å². The predicted octanol–water partition coefficient (Wildman–Crippen LogP) is 4.06. The molecule has 4 rings (SSSR count). The van der Waals surface area contributed by atoms with E-state index in [0.29, 0.717) is 5.69 Å². The monoisotopic (exact) mass is 480 g/mol. The Morgan fingerprint density at radius 3 is 2.09 bits per heavy atom. The SMILES string of the molecule is O=[N+]([O-])c1ccc(-n2nc(N3NNc4cc([N+](=O)[O-])ccc43)c([N+](=O)[O-])c2C(Cl)Cl)cc1. The fourth-order valence-electron chi connectivity index (χ4n) is 3.12. The summed E-state index contributed by atoms with van der Waals surface area (Å²) in [5, 5.41) is 39.3. The summed E-state index contributed by atoms with van der Waals surface area (Å²) >= 11 is 12.1. The molecule has 0 spiro atoms. The van der Waals surface area contributed by atoms with Crippen molar-refractivity contribution in [2.75, 3.05) is 10.4 Å². The molecule has 1 aliphatic rings. The lowest BCUT2D eigenvalue weighted by Gasteiger charge is -2.13. The topological polar surface area (TPSA) is 175 Å². The fraction of sp³-hybridized carbons (Fsp3) is 0.0625. The number of aromatic nitrogens is 2. The van der Waals surface area contributed by atoms with Gasteiger partial charge in [0.05, 0.1) is 31.8 Å². The van der Waals surface area contributed by atoms with Gasteiger partial charge < -0.3 is 5.43 Å². The lowest BCUT2D eigenvalue weighted by atomic mass is 10.2. The van der Waals surface area contributed by atoms with E-state index in [1.165, 1.54) is 47.5 Å². The van der Waals surface area contributed by atoms with Crippen molar-refractivity contribution in [3.63, 3.8) is 0 Å². The highest BCUT2D eigenvalue weighted by Crippen LogP contribution is 2.45. The van der Waals surface area contributed by atoms with Crippen molar-refractivity contribution < 1.29 is 14.8 Å². The van der Waals surface area contributed by atoms with Gasteiger partial charge in [-0.3, -0.25) is 30.3 Å². The summed E-state index contributed by atoms with van der Waals surface area (Å²) in [5.41, 5.74) is 5.10. The molecule has 164 valence electrons. The number of non-ortho nitro benzene ring substituents is 2. The van der Waals surface area contributed by atoms with Gasteiger partial charge in [-0.15, -0.1) is 10.6 Å². The van der Waals surface area contributed by atoms with Crippen molar-refractivity contribution in [2.24, 2.45) is 0 Å². The van der Waals surface area contributed by atoms with E-state index in [9.17, 15) is 30.3 Å². The summed E-state index contributed by atoms with van der Waals surface area (Å²) in [6.45, 7) is 0. The number of fused-ring (bicyclic) bond motifs is 1. The number of hydrogen-bond donors (Lipinski definition) is 2. The van der Waals surface area contributed by atoms with Crippen molar-refractivity contribution >= 4 is 57.5 Å². The van der Waals surface area contributed by atoms with Gasteiger partial charge in [-0.1, -0.05) is 23.2 Å². The number of anilines is 3. The number of nitrogens with one attached hydrogen (secondary N) is 2. The number of hydrogen-bond acceptors (Lipinski definition) is 10. The normalized spacial score (nSPS) is 12.5. The maximum Gasteiger partial charge on any atom is 0.339 e. The molecule has 2 N–H and O–H groups in total. The maximum atomic E-state index is 11.9. The van der Waals surface area contributed by atoms with Crippen LogP contribution < -0.4 is 16.0 Å². The molecule has 1 aromatic heterocycles. The van der Waals surface area contributed by atoms with Gasteiger partial charge in [-0.25, -0.2) is 9.69 Å². The van der Waals surface area contributed by atoms with E-state index >= 15 is 0 Å². The summed E-state index contributed by atoms with van der Waals surface area (Å²) < 4.78 is 1.10. The van der Waals surface area contributed by atoms with Gasteiger partial charge in [0.1, 0.15) is 0 Å². The van der Waals surface area contributed by atoms with Crippen LogP contribution >= 0.6 is 23.2 Å². The van der Waals surface area contributed by atoms with Crippen LogP contribution in [0.15, 0.2) is 42.5 Å². The van der Waals surface area contributed by atoms with Crippen molar-refractivity contribution in [1.29, 1.82) is 0 Å². The molecule has 0 unspecified atom stereocenters. The van der Waals surface area contributed by atoms with E-state index in [4.69, 9.17) is 23.2 Å². The molecule has 2 heterocycles.